The molecule has 196 valence electrons. The summed E-state index contributed by atoms with van der Waals surface area (Å²) in [4.78, 5) is 44.8. The molecule has 0 saturated heterocycles. The molecule has 0 bridgehead atoms. The van der Waals surface area contributed by atoms with E-state index in [0.29, 0.717) is 17.3 Å². The molecule has 0 spiro atoms. The largest absolute Gasteiger partial charge is 0.478 e. The molecule has 1 aliphatic rings. The van der Waals surface area contributed by atoms with Gasteiger partial charge in [-0.05, 0) is 68.0 Å². The van der Waals surface area contributed by atoms with Gasteiger partial charge in [0.2, 0.25) is 0 Å². The molecule has 2 aromatic carbocycles. The molecular formula is C26H26ClNO9. The maximum absolute atomic E-state index is 12.2. The van der Waals surface area contributed by atoms with Gasteiger partial charge in [-0.15, -0.1) is 0 Å². The first-order valence-corrected chi connectivity index (χ1v) is 11.4. The van der Waals surface area contributed by atoms with E-state index in [4.69, 9.17) is 26.6 Å². The molecule has 2 atom stereocenters. The number of carbonyl (C=O) groups is 4. The molecular weight excluding hydrogens is 506 g/mol. The summed E-state index contributed by atoms with van der Waals surface area (Å²) in [7, 11) is 0. The van der Waals surface area contributed by atoms with E-state index < -0.39 is 35.4 Å². The fourth-order valence-electron chi connectivity index (χ4n) is 3.81. The molecule has 0 radical (unpaired) electrons. The number of hydrogen-bond acceptors (Lipinski definition) is 6. The highest BCUT2D eigenvalue weighted by atomic mass is 35.5. The van der Waals surface area contributed by atoms with Gasteiger partial charge in [0.25, 0.3) is 5.60 Å². The second kappa shape index (κ2) is 12.1. The van der Waals surface area contributed by atoms with Gasteiger partial charge in [0.1, 0.15) is 5.75 Å². The van der Waals surface area contributed by atoms with Crippen LogP contribution >= 0.6 is 11.6 Å². The molecule has 0 fully saturated rings. The molecule has 0 aliphatic heterocycles. The Morgan fingerprint density at radius 2 is 1.46 bits per heavy atom. The molecule has 10 nitrogen and oxygen atoms in total. The standard InChI is InChI=1S/C17H18ClNO5.C9H8O4/c1-3-19-14-9-8-13(15(20)21)10(2)17(14,16(22)23)24-12-6-4-11(18)5-7-12;1-5-6(8(10)11)3-2-4-7(5)9(12)13/h4-10,19H,3H2,1-2H3,(H,20,21)(H,22,23);2-4H,1H3,(H,10,11)(H,12,13). The molecule has 11 heteroatoms. The van der Waals surface area contributed by atoms with Crippen molar-refractivity contribution in [3.8, 4) is 5.75 Å². The van der Waals surface area contributed by atoms with Crippen molar-refractivity contribution in [2.24, 2.45) is 5.92 Å². The average Bonchev–Trinajstić information content (AvgIpc) is 2.82. The molecule has 0 amide bonds. The van der Waals surface area contributed by atoms with E-state index in [1.807, 2.05) is 6.92 Å². The number of carboxylic acid groups (broad SMARTS) is 4. The van der Waals surface area contributed by atoms with Crippen LogP contribution in [0, 0.1) is 12.8 Å². The molecule has 2 aromatic rings. The van der Waals surface area contributed by atoms with Gasteiger partial charge in [0.05, 0.1) is 16.8 Å². The van der Waals surface area contributed by atoms with Gasteiger partial charge in [-0.1, -0.05) is 24.6 Å². The van der Waals surface area contributed by atoms with E-state index in [0.717, 1.165) is 0 Å². The van der Waals surface area contributed by atoms with Gasteiger partial charge in [0.15, 0.2) is 0 Å². The van der Waals surface area contributed by atoms with Crippen molar-refractivity contribution in [3.05, 3.63) is 87.6 Å². The second-order valence-corrected chi connectivity index (χ2v) is 8.38. The van der Waals surface area contributed by atoms with Gasteiger partial charge in [-0.3, -0.25) is 0 Å². The minimum Gasteiger partial charge on any atom is -0.478 e. The fraction of sp³-hybridized carbons (Fsp3) is 0.231. The molecule has 0 aromatic heterocycles. The summed E-state index contributed by atoms with van der Waals surface area (Å²) >= 11 is 5.84. The van der Waals surface area contributed by atoms with Gasteiger partial charge >= 0.3 is 23.9 Å². The predicted octanol–water partition coefficient (Wildman–Crippen LogP) is 4.09. The lowest BCUT2D eigenvalue weighted by Crippen LogP contribution is -2.57. The van der Waals surface area contributed by atoms with Crippen LogP contribution in [0.4, 0.5) is 0 Å². The van der Waals surface area contributed by atoms with Crippen molar-refractivity contribution >= 4 is 35.5 Å². The number of rotatable bonds is 8. The second-order valence-electron chi connectivity index (χ2n) is 7.94. The summed E-state index contributed by atoms with van der Waals surface area (Å²) in [6.07, 6.45) is 2.84. The number of hydrogen-bond donors (Lipinski definition) is 5. The average molecular weight is 532 g/mol. The minimum absolute atomic E-state index is 0.0277. The lowest BCUT2D eigenvalue weighted by atomic mass is 9.76. The minimum atomic E-state index is -1.87. The highest BCUT2D eigenvalue weighted by Crippen LogP contribution is 2.39. The van der Waals surface area contributed by atoms with E-state index in [2.05, 4.69) is 5.32 Å². The van der Waals surface area contributed by atoms with Crippen LogP contribution < -0.4 is 10.1 Å². The van der Waals surface area contributed by atoms with E-state index in [-0.39, 0.29) is 28.0 Å². The highest BCUT2D eigenvalue weighted by Gasteiger charge is 2.54. The van der Waals surface area contributed by atoms with Gasteiger partial charge < -0.3 is 30.5 Å². The van der Waals surface area contributed by atoms with Gasteiger partial charge in [-0.25, -0.2) is 19.2 Å². The lowest BCUT2D eigenvalue weighted by Gasteiger charge is -2.39. The quantitative estimate of drug-likeness (QED) is 0.334. The van der Waals surface area contributed by atoms with Crippen LogP contribution in [-0.4, -0.2) is 56.4 Å². The van der Waals surface area contributed by atoms with E-state index in [1.54, 1.807) is 24.3 Å². The molecule has 2 unspecified atom stereocenters. The van der Waals surface area contributed by atoms with Crippen molar-refractivity contribution in [3.63, 3.8) is 0 Å². The van der Waals surface area contributed by atoms with Crippen LogP contribution in [0.15, 0.2) is 65.9 Å². The zero-order chi connectivity index (χ0) is 27.9. The Morgan fingerprint density at radius 3 is 1.89 bits per heavy atom. The summed E-state index contributed by atoms with van der Waals surface area (Å²) in [5.41, 5.74) is -1.27. The number of nitrogens with one attached hydrogen (secondary N) is 1. The lowest BCUT2D eigenvalue weighted by molar-refractivity contribution is -0.156. The fourth-order valence-corrected chi connectivity index (χ4v) is 3.93. The van der Waals surface area contributed by atoms with Crippen LogP contribution in [0.1, 0.15) is 40.1 Å². The summed E-state index contributed by atoms with van der Waals surface area (Å²) in [6, 6.07) is 10.4. The summed E-state index contributed by atoms with van der Waals surface area (Å²) < 4.78 is 5.82. The van der Waals surface area contributed by atoms with Crippen LogP contribution in [-0.2, 0) is 9.59 Å². The van der Waals surface area contributed by atoms with Crippen LogP contribution in [0.2, 0.25) is 5.02 Å². The number of ether oxygens (including phenoxy) is 1. The monoisotopic (exact) mass is 531 g/mol. The first-order chi connectivity index (χ1) is 17.4. The maximum Gasteiger partial charge on any atom is 0.355 e. The number of likely N-dealkylation sites (N-methyl/N-ethyl adjacent to an activating group) is 1. The third kappa shape index (κ3) is 6.28. The third-order valence-corrected chi connectivity index (χ3v) is 5.98. The van der Waals surface area contributed by atoms with Crippen LogP contribution in [0.5, 0.6) is 5.75 Å². The Labute approximate surface area is 217 Å². The number of benzene rings is 2. The third-order valence-electron chi connectivity index (χ3n) is 5.72. The number of allylic oxidation sites excluding steroid dienone is 2. The molecule has 37 heavy (non-hydrogen) atoms. The first-order valence-electron chi connectivity index (χ1n) is 11.0. The van der Waals surface area contributed by atoms with Gasteiger partial charge in [0, 0.05) is 23.1 Å². The Bertz CT molecular complexity index is 1240. The van der Waals surface area contributed by atoms with Crippen LogP contribution in [0.25, 0.3) is 0 Å². The Hall–Kier alpha value is -4.31. The van der Waals surface area contributed by atoms with Gasteiger partial charge in [-0.2, -0.15) is 0 Å². The maximum atomic E-state index is 12.2. The van der Waals surface area contributed by atoms with Crippen molar-refractivity contribution in [1.82, 2.24) is 5.32 Å². The molecule has 3 rings (SSSR count). The van der Waals surface area contributed by atoms with Crippen LogP contribution in [0.3, 0.4) is 0 Å². The topological polar surface area (TPSA) is 170 Å². The Balaban J connectivity index is 0.000000312. The van der Waals surface area contributed by atoms with E-state index in [1.165, 1.54) is 44.2 Å². The summed E-state index contributed by atoms with van der Waals surface area (Å²) in [5.74, 6) is -5.31. The number of aliphatic carboxylic acids is 2. The van der Waals surface area contributed by atoms with E-state index in [9.17, 15) is 29.4 Å². The molecule has 0 saturated carbocycles. The normalized spacial score (nSPS) is 18.3. The highest BCUT2D eigenvalue weighted by molar-refractivity contribution is 6.30. The van der Waals surface area contributed by atoms with E-state index >= 15 is 0 Å². The SMILES string of the molecule is CCNC1=CC=C(C(=O)O)C(C)C1(Oc1ccc(Cl)cc1)C(=O)O.Cc1c(C(=O)O)cccc1C(=O)O. The van der Waals surface area contributed by atoms with Crippen molar-refractivity contribution in [1.29, 1.82) is 0 Å². The number of aromatic carboxylic acids is 2. The van der Waals surface area contributed by atoms with Crippen molar-refractivity contribution < 1.29 is 44.3 Å². The first kappa shape index (κ1) is 28.9. The number of halogens is 1. The predicted molar refractivity (Wildman–Crippen MR) is 134 cm³/mol. The smallest absolute Gasteiger partial charge is 0.355 e. The van der Waals surface area contributed by atoms with Crippen molar-refractivity contribution in [2.75, 3.05) is 6.54 Å². The molecule has 1 aliphatic carbocycles. The zero-order valence-electron chi connectivity index (χ0n) is 20.2. The van der Waals surface area contributed by atoms with Crippen molar-refractivity contribution in [2.45, 2.75) is 26.4 Å². The Kier molecular flexibility index (Phi) is 9.45. The Morgan fingerprint density at radius 1 is 0.919 bits per heavy atom. The molecule has 0 heterocycles. The number of carboxylic acids is 4. The zero-order valence-corrected chi connectivity index (χ0v) is 20.9. The summed E-state index contributed by atoms with van der Waals surface area (Å²) in [5, 5.41) is 40.1. The summed E-state index contributed by atoms with van der Waals surface area (Å²) in [6.45, 7) is 5.28. The molecule has 5 N–H and O–H groups in total.